The van der Waals surface area contributed by atoms with Gasteiger partial charge in [-0.3, -0.25) is 19.3 Å². The first-order valence-corrected chi connectivity index (χ1v) is 10.6. The van der Waals surface area contributed by atoms with Crippen molar-refractivity contribution >= 4 is 40.8 Å². The highest BCUT2D eigenvalue weighted by Crippen LogP contribution is 2.31. The molecule has 0 aliphatic carbocycles. The molecule has 2 aliphatic heterocycles. The predicted molar refractivity (Wildman–Crippen MR) is 118 cm³/mol. The van der Waals surface area contributed by atoms with Crippen LogP contribution < -0.4 is 9.80 Å². The number of methoxy groups -OCH3 is 1. The number of hydrogen-bond donors (Lipinski definition) is 0. The number of carbonyl (C=O) groups is 3. The summed E-state index contributed by atoms with van der Waals surface area (Å²) >= 11 is 6.51. The maximum absolute atomic E-state index is 13.5. The zero-order valence-electron chi connectivity index (χ0n) is 17.3. The third-order valence-corrected chi connectivity index (χ3v) is 6.05. The molecular weight excluding hydrogens is 418 g/mol. The lowest BCUT2D eigenvalue weighted by Gasteiger charge is -2.24. The van der Waals surface area contributed by atoms with Crippen LogP contribution in [0.2, 0.25) is 5.02 Å². The average Bonchev–Trinajstić information content (AvgIpc) is 3.27. The second kappa shape index (κ2) is 8.98. The lowest BCUT2D eigenvalue weighted by atomic mass is 10.1. The van der Waals surface area contributed by atoms with E-state index in [4.69, 9.17) is 16.3 Å². The zero-order valence-corrected chi connectivity index (χ0v) is 18.1. The Morgan fingerprint density at radius 1 is 1.06 bits per heavy atom. The average molecular weight is 442 g/mol. The van der Waals surface area contributed by atoms with Gasteiger partial charge in [0, 0.05) is 31.0 Å². The van der Waals surface area contributed by atoms with Gasteiger partial charge in [-0.25, -0.2) is 0 Å². The molecule has 0 N–H and O–H groups in total. The fourth-order valence-corrected chi connectivity index (χ4v) is 4.32. The normalized spacial score (nSPS) is 16.2. The summed E-state index contributed by atoms with van der Waals surface area (Å²) in [5, 5.41) is 0.356. The Labute approximate surface area is 186 Å². The van der Waals surface area contributed by atoms with Gasteiger partial charge < -0.3 is 14.5 Å². The molecule has 1 saturated heterocycles. The number of esters is 1. The number of anilines is 2. The number of hydrogen-bond acceptors (Lipinski definition) is 5. The molecule has 0 atom stereocenters. The summed E-state index contributed by atoms with van der Waals surface area (Å²) in [7, 11) is 1.28. The van der Waals surface area contributed by atoms with E-state index in [1.165, 1.54) is 16.9 Å². The molecular formula is C23H24ClN3O4. The van der Waals surface area contributed by atoms with E-state index >= 15 is 0 Å². The van der Waals surface area contributed by atoms with Crippen LogP contribution in [0.1, 0.15) is 28.8 Å². The lowest BCUT2D eigenvalue weighted by molar-refractivity contribution is -0.146. The van der Waals surface area contributed by atoms with Crippen molar-refractivity contribution in [3.8, 4) is 0 Å². The van der Waals surface area contributed by atoms with Crippen LogP contribution in [0.15, 0.2) is 42.5 Å². The topological polar surface area (TPSA) is 70.2 Å². The highest BCUT2D eigenvalue weighted by molar-refractivity contribution is 6.35. The summed E-state index contributed by atoms with van der Waals surface area (Å²) < 4.78 is 4.71. The smallest absolute Gasteiger partial charge is 0.325 e. The maximum Gasteiger partial charge on any atom is 0.325 e. The summed E-state index contributed by atoms with van der Waals surface area (Å²) in [6, 6.07) is 12.7. The van der Waals surface area contributed by atoms with Crippen molar-refractivity contribution in [2.24, 2.45) is 0 Å². The molecule has 0 unspecified atom stereocenters. The minimum atomic E-state index is -0.508. The van der Waals surface area contributed by atoms with E-state index in [1.54, 1.807) is 12.1 Å². The van der Waals surface area contributed by atoms with Crippen molar-refractivity contribution in [3.05, 3.63) is 58.6 Å². The number of halogens is 1. The van der Waals surface area contributed by atoms with Gasteiger partial charge in [-0.1, -0.05) is 29.8 Å². The highest BCUT2D eigenvalue weighted by Gasteiger charge is 2.31. The highest BCUT2D eigenvalue weighted by atomic mass is 35.5. The van der Waals surface area contributed by atoms with Crippen LogP contribution >= 0.6 is 11.6 Å². The van der Waals surface area contributed by atoms with Crippen LogP contribution in [0.5, 0.6) is 0 Å². The van der Waals surface area contributed by atoms with E-state index < -0.39 is 5.97 Å². The number of rotatable bonds is 4. The summed E-state index contributed by atoms with van der Waals surface area (Å²) in [5.74, 6) is -1.19. The van der Waals surface area contributed by atoms with E-state index in [0.717, 1.165) is 37.2 Å². The van der Waals surface area contributed by atoms with Crippen molar-refractivity contribution in [1.29, 1.82) is 0 Å². The molecule has 31 heavy (non-hydrogen) atoms. The fraction of sp³-hybridized carbons (Fsp3) is 0.348. The molecule has 2 aliphatic rings. The van der Waals surface area contributed by atoms with Crippen LogP contribution in [-0.4, -0.2) is 56.0 Å². The minimum Gasteiger partial charge on any atom is -0.468 e. The van der Waals surface area contributed by atoms with Gasteiger partial charge in [0.2, 0.25) is 5.91 Å². The summed E-state index contributed by atoms with van der Waals surface area (Å²) in [4.78, 5) is 43.2. The van der Waals surface area contributed by atoms with E-state index in [1.807, 2.05) is 30.3 Å². The first-order chi connectivity index (χ1) is 15.0. The van der Waals surface area contributed by atoms with E-state index in [0.29, 0.717) is 16.3 Å². The third-order valence-electron chi connectivity index (χ3n) is 5.74. The van der Waals surface area contributed by atoms with Crippen molar-refractivity contribution in [2.45, 2.75) is 19.4 Å². The fourth-order valence-electron chi connectivity index (χ4n) is 4.06. The van der Waals surface area contributed by atoms with Gasteiger partial charge in [0.1, 0.15) is 13.1 Å². The number of amides is 2. The van der Waals surface area contributed by atoms with Crippen molar-refractivity contribution in [2.75, 3.05) is 43.1 Å². The molecule has 8 heteroatoms. The second-order valence-corrected chi connectivity index (χ2v) is 8.11. The molecule has 1 fully saturated rings. The minimum absolute atomic E-state index is 0.170. The molecule has 0 aromatic heterocycles. The SMILES string of the molecule is COC(=O)CN1Cc2ccccc2N(C(=O)c2ccc(N3CCCC3)cc2Cl)CC1=O. The lowest BCUT2D eigenvalue weighted by Crippen LogP contribution is -2.42. The number of carbonyl (C=O) groups excluding carboxylic acids is 3. The first-order valence-electron chi connectivity index (χ1n) is 10.3. The number of ether oxygens (including phenoxy) is 1. The molecule has 2 heterocycles. The Bertz CT molecular complexity index is 1020. The van der Waals surface area contributed by atoms with Crippen LogP contribution in [0.25, 0.3) is 0 Å². The number of para-hydroxylation sites is 1. The third kappa shape index (κ3) is 4.37. The molecule has 4 rings (SSSR count). The quantitative estimate of drug-likeness (QED) is 0.682. The summed E-state index contributed by atoms with van der Waals surface area (Å²) in [5.41, 5.74) is 2.74. The molecule has 162 valence electrons. The van der Waals surface area contributed by atoms with E-state index in [-0.39, 0.29) is 31.4 Å². The Hall–Kier alpha value is -3.06. The zero-order chi connectivity index (χ0) is 22.0. The Kier molecular flexibility index (Phi) is 6.13. The Balaban J connectivity index is 1.64. The Morgan fingerprint density at radius 2 is 1.81 bits per heavy atom. The van der Waals surface area contributed by atoms with Gasteiger partial charge in [-0.2, -0.15) is 0 Å². The van der Waals surface area contributed by atoms with Gasteiger partial charge in [0.25, 0.3) is 5.91 Å². The van der Waals surface area contributed by atoms with E-state index in [9.17, 15) is 14.4 Å². The van der Waals surface area contributed by atoms with Gasteiger partial charge in [-0.15, -0.1) is 0 Å². The van der Waals surface area contributed by atoms with Gasteiger partial charge in [0.05, 0.1) is 17.7 Å². The van der Waals surface area contributed by atoms with Crippen molar-refractivity contribution in [3.63, 3.8) is 0 Å². The molecule has 2 aromatic rings. The van der Waals surface area contributed by atoms with Gasteiger partial charge in [0.15, 0.2) is 0 Å². The summed E-state index contributed by atoms with van der Waals surface area (Å²) in [6.07, 6.45) is 2.29. The van der Waals surface area contributed by atoms with Crippen LogP contribution in [-0.2, 0) is 20.9 Å². The summed E-state index contributed by atoms with van der Waals surface area (Å²) in [6.45, 7) is 1.82. The standard InChI is InChI=1S/C23H24ClN3O4/c1-31-22(29)15-26-13-16-6-2-3-7-20(16)27(14-21(26)28)23(30)18-9-8-17(12-19(18)24)25-10-4-5-11-25/h2-3,6-9,12H,4-5,10-11,13-15H2,1H3. The number of benzene rings is 2. The van der Waals surface area contributed by atoms with Crippen LogP contribution in [0.4, 0.5) is 11.4 Å². The molecule has 0 saturated carbocycles. The molecule has 7 nitrogen and oxygen atoms in total. The van der Waals surface area contributed by atoms with Gasteiger partial charge >= 0.3 is 5.97 Å². The monoisotopic (exact) mass is 441 g/mol. The molecule has 2 aromatic carbocycles. The molecule has 0 bridgehead atoms. The molecule has 0 radical (unpaired) electrons. The molecule has 0 spiro atoms. The number of fused-ring (bicyclic) bond motifs is 1. The largest absolute Gasteiger partial charge is 0.468 e. The van der Waals surface area contributed by atoms with Crippen LogP contribution in [0, 0.1) is 0 Å². The van der Waals surface area contributed by atoms with E-state index in [2.05, 4.69) is 4.90 Å². The maximum atomic E-state index is 13.5. The number of nitrogens with zero attached hydrogens (tertiary/aromatic N) is 3. The van der Waals surface area contributed by atoms with Gasteiger partial charge in [-0.05, 0) is 42.7 Å². The second-order valence-electron chi connectivity index (χ2n) is 7.70. The van der Waals surface area contributed by atoms with Crippen molar-refractivity contribution in [1.82, 2.24) is 4.90 Å². The molecule has 2 amide bonds. The Morgan fingerprint density at radius 3 is 2.52 bits per heavy atom. The first kappa shape index (κ1) is 21.2. The predicted octanol–water partition coefficient (Wildman–Crippen LogP) is 3.10. The van der Waals surface area contributed by atoms with Crippen LogP contribution in [0.3, 0.4) is 0 Å². The van der Waals surface area contributed by atoms with Crippen molar-refractivity contribution < 1.29 is 19.1 Å².